The lowest BCUT2D eigenvalue weighted by molar-refractivity contribution is 0.0606. The van der Waals surface area contributed by atoms with E-state index in [4.69, 9.17) is 0 Å². The van der Waals surface area contributed by atoms with Crippen molar-refractivity contribution in [2.45, 2.75) is 18.6 Å². The topological polar surface area (TPSA) is 87.9 Å². The molecule has 0 bridgehead atoms. The summed E-state index contributed by atoms with van der Waals surface area (Å²) in [5.41, 5.74) is 0.265. The van der Waals surface area contributed by atoms with E-state index in [0.717, 1.165) is 24.5 Å². The molecular weight excluding hydrogens is 327 g/mol. The van der Waals surface area contributed by atoms with E-state index in [1.807, 2.05) is 30.3 Å². The maximum absolute atomic E-state index is 10.2. The lowest BCUT2D eigenvalue weighted by Gasteiger charge is -2.21. The average molecular weight is 347 g/mol. The van der Waals surface area contributed by atoms with Crippen LogP contribution in [0.25, 0.3) is 5.69 Å². The maximum atomic E-state index is 10.2. The van der Waals surface area contributed by atoms with Crippen LogP contribution in [0.2, 0.25) is 0 Å². The Kier molecular flexibility index (Phi) is 7.18. The van der Waals surface area contributed by atoms with Crippen LogP contribution in [0.3, 0.4) is 0 Å². The van der Waals surface area contributed by atoms with E-state index >= 15 is 0 Å². The molecule has 1 aromatic heterocycles. The molecule has 1 aliphatic rings. The zero-order valence-electron chi connectivity index (χ0n) is 12.0. The lowest BCUT2D eigenvalue weighted by Crippen LogP contribution is -2.42. The molecule has 2 aromatic rings. The van der Waals surface area contributed by atoms with Gasteiger partial charge >= 0.3 is 0 Å². The predicted octanol–water partition coefficient (Wildman–Crippen LogP) is 0.320. The van der Waals surface area contributed by atoms with Gasteiger partial charge in [-0.15, -0.1) is 29.9 Å². The molecule has 2 heterocycles. The molecule has 1 unspecified atom stereocenters. The Hall–Kier alpha value is -1.25. The molecule has 22 heavy (non-hydrogen) atoms. The van der Waals surface area contributed by atoms with Gasteiger partial charge in [0.1, 0.15) is 0 Å². The summed E-state index contributed by atoms with van der Waals surface area (Å²) in [6.45, 7) is 2.54. The molecule has 0 amide bonds. The molecule has 0 spiro atoms. The van der Waals surface area contributed by atoms with E-state index in [0.29, 0.717) is 19.6 Å². The Bertz CT molecular complexity index is 559. The first-order chi connectivity index (χ1) is 9.77. The quantitative estimate of drug-likeness (QED) is 0.722. The molecule has 1 aliphatic heterocycles. The highest BCUT2D eigenvalue weighted by Gasteiger charge is 2.30. The van der Waals surface area contributed by atoms with Crippen molar-refractivity contribution in [3.8, 4) is 5.69 Å². The van der Waals surface area contributed by atoms with Crippen molar-refractivity contribution in [2.75, 3.05) is 19.6 Å². The van der Waals surface area contributed by atoms with Gasteiger partial charge in [-0.1, -0.05) is 18.2 Å². The molecule has 122 valence electrons. The Morgan fingerprint density at radius 3 is 2.73 bits per heavy atom. The number of β-amino-alcohol motifs (C(OH)–C–C–N with tert-alkyl or cyclic N) is 1. The zero-order chi connectivity index (χ0) is 13.8. The number of nitrogens with one attached hydrogen (secondary N) is 2. The fourth-order valence-electron chi connectivity index (χ4n) is 2.37. The SMILES string of the molecule is Cl.Cl.OC1(CNCc2nnnn2-c2ccccc2)CCNC1. The largest absolute Gasteiger partial charge is 0.387 e. The van der Waals surface area contributed by atoms with Crippen LogP contribution in [-0.2, 0) is 6.54 Å². The van der Waals surface area contributed by atoms with E-state index in [1.165, 1.54) is 0 Å². The molecule has 7 nitrogen and oxygen atoms in total. The molecule has 1 fully saturated rings. The number of hydrogen-bond donors (Lipinski definition) is 3. The number of aromatic nitrogens is 4. The van der Waals surface area contributed by atoms with Crippen molar-refractivity contribution in [2.24, 2.45) is 0 Å². The third-order valence-electron chi connectivity index (χ3n) is 3.49. The van der Waals surface area contributed by atoms with Crippen LogP contribution in [0.1, 0.15) is 12.2 Å². The number of aliphatic hydroxyl groups is 1. The van der Waals surface area contributed by atoms with E-state index in [2.05, 4.69) is 26.2 Å². The van der Waals surface area contributed by atoms with Crippen LogP contribution in [0.5, 0.6) is 0 Å². The Morgan fingerprint density at radius 2 is 2.05 bits per heavy atom. The van der Waals surface area contributed by atoms with Gasteiger partial charge in [-0.2, -0.15) is 4.68 Å². The molecule has 1 saturated heterocycles. The monoisotopic (exact) mass is 346 g/mol. The molecular formula is C13H20Cl2N6O. The van der Waals surface area contributed by atoms with Crippen molar-refractivity contribution in [3.05, 3.63) is 36.2 Å². The van der Waals surface area contributed by atoms with Crippen molar-refractivity contribution in [1.82, 2.24) is 30.8 Å². The lowest BCUT2D eigenvalue weighted by atomic mass is 10.0. The molecule has 3 N–H and O–H groups in total. The fraction of sp³-hybridized carbons (Fsp3) is 0.462. The Labute approximate surface area is 141 Å². The minimum Gasteiger partial charge on any atom is -0.387 e. The van der Waals surface area contributed by atoms with E-state index in [1.54, 1.807) is 4.68 Å². The summed E-state index contributed by atoms with van der Waals surface area (Å²) in [4.78, 5) is 0. The smallest absolute Gasteiger partial charge is 0.170 e. The third kappa shape index (κ3) is 4.37. The normalized spacial score (nSPS) is 20.2. The van der Waals surface area contributed by atoms with E-state index < -0.39 is 5.60 Å². The highest BCUT2D eigenvalue weighted by atomic mass is 35.5. The Morgan fingerprint density at radius 1 is 1.27 bits per heavy atom. The summed E-state index contributed by atoms with van der Waals surface area (Å²) in [5.74, 6) is 0.728. The number of nitrogens with zero attached hydrogens (tertiary/aromatic N) is 4. The minimum atomic E-state index is -0.662. The second-order valence-electron chi connectivity index (χ2n) is 5.10. The first kappa shape index (κ1) is 18.8. The summed E-state index contributed by atoms with van der Waals surface area (Å²) in [6, 6.07) is 9.75. The van der Waals surface area contributed by atoms with Crippen LogP contribution >= 0.6 is 24.8 Å². The van der Waals surface area contributed by atoms with Gasteiger partial charge in [-0.3, -0.25) is 0 Å². The molecule has 1 atom stereocenters. The maximum Gasteiger partial charge on any atom is 0.170 e. The first-order valence-electron chi connectivity index (χ1n) is 6.73. The van der Waals surface area contributed by atoms with Gasteiger partial charge in [-0.05, 0) is 35.5 Å². The van der Waals surface area contributed by atoms with Crippen molar-refractivity contribution >= 4 is 24.8 Å². The van der Waals surface area contributed by atoms with Crippen molar-refractivity contribution < 1.29 is 5.11 Å². The van der Waals surface area contributed by atoms with Gasteiger partial charge in [-0.25, -0.2) is 0 Å². The standard InChI is InChI=1S/C13H18N6O.2ClH/c20-13(6-7-14-9-13)10-15-8-12-16-17-18-19(12)11-4-2-1-3-5-11;;/h1-5,14-15,20H,6-10H2;2*1H. The van der Waals surface area contributed by atoms with E-state index in [9.17, 15) is 5.11 Å². The van der Waals surface area contributed by atoms with E-state index in [-0.39, 0.29) is 24.8 Å². The molecule has 0 aliphatic carbocycles. The summed E-state index contributed by atoms with van der Waals surface area (Å²) >= 11 is 0. The number of benzene rings is 1. The highest BCUT2D eigenvalue weighted by Crippen LogP contribution is 2.13. The second kappa shape index (κ2) is 8.40. The van der Waals surface area contributed by atoms with Gasteiger partial charge in [0, 0.05) is 13.1 Å². The zero-order valence-corrected chi connectivity index (χ0v) is 13.6. The number of halogens is 2. The highest BCUT2D eigenvalue weighted by molar-refractivity contribution is 5.85. The van der Waals surface area contributed by atoms with Crippen molar-refractivity contribution in [3.63, 3.8) is 0 Å². The number of tetrazole rings is 1. The molecule has 1 aromatic carbocycles. The number of para-hydroxylation sites is 1. The Balaban J connectivity index is 0.00000121. The summed E-state index contributed by atoms with van der Waals surface area (Å²) in [6.07, 6.45) is 0.767. The van der Waals surface area contributed by atoms with Crippen LogP contribution in [0.15, 0.2) is 30.3 Å². The second-order valence-corrected chi connectivity index (χ2v) is 5.10. The van der Waals surface area contributed by atoms with Gasteiger partial charge < -0.3 is 15.7 Å². The fourth-order valence-corrected chi connectivity index (χ4v) is 2.37. The summed E-state index contributed by atoms with van der Waals surface area (Å²) < 4.78 is 1.70. The number of rotatable bonds is 5. The summed E-state index contributed by atoms with van der Waals surface area (Å²) in [7, 11) is 0. The van der Waals surface area contributed by atoms with Crippen molar-refractivity contribution in [1.29, 1.82) is 0 Å². The van der Waals surface area contributed by atoms with Gasteiger partial charge in [0.15, 0.2) is 5.82 Å². The van der Waals surface area contributed by atoms with Crippen LogP contribution in [0, 0.1) is 0 Å². The van der Waals surface area contributed by atoms with Gasteiger partial charge in [0.05, 0.1) is 17.8 Å². The molecule has 9 heteroatoms. The number of hydrogen-bond acceptors (Lipinski definition) is 6. The molecule has 3 rings (SSSR count). The van der Waals surface area contributed by atoms with Gasteiger partial charge in [0.25, 0.3) is 0 Å². The summed E-state index contributed by atoms with van der Waals surface area (Å²) in [5, 5.41) is 28.3. The molecule has 0 radical (unpaired) electrons. The predicted molar refractivity (Wildman–Crippen MR) is 87.8 cm³/mol. The van der Waals surface area contributed by atoms with Crippen LogP contribution in [0.4, 0.5) is 0 Å². The third-order valence-corrected chi connectivity index (χ3v) is 3.49. The van der Waals surface area contributed by atoms with Crippen LogP contribution in [-0.4, -0.2) is 50.5 Å². The van der Waals surface area contributed by atoms with Crippen LogP contribution < -0.4 is 10.6 Å². The van der Waals surface area contributed by atoms with Gasteiger partial charge in [0.2, 0.25) is 0 Å². The average Bonchev–Trinajstić information content (AvgIpc) is 3.10. The minimum absolute atomic E-state index is 0. The molecule has 0 saturated carbocycles. The first-order valence-corrected chi connectivity index (χ1v) is 6.73.